The van der Waals surface area contributed by atoms with E-state index < -0.39 is 0 Å². The highest BCUT2D eigenvalue weighted by Gasteiger charge is 2.37. The highest BCUT2D eigenvalue weighted by atomic mass is 16.3. The molecule has 0 bridgehead atoms. The van der Waals surface area contributed by atoms with Gasteiger partial charge in [0.1, 0.15) is 6.04 Å². The van der Waals surface area contributed by atoms with E-state index in [4.69, 9.17) is 10.8 Å². The smallest absolute Gasteiger partial charge is 0.241 e. The first-order valence-electron chi connectivity index (χ1n) is 4.24. The number of carbonyl (C=O) groups excluding carboxylic acids is 1. The van der Waals surface area contributed by atoms with E-state index in [1.54, 1.807) is 4.90 Å². The molecule has 1 aliphatic heterocycles. The molecule has 3 atom stereocenters. The summed E-state index contributed by atoms with van der Waals surface area (Å²) >= 11 is 0. The number of rotatable bonds is 3. The van der Waals surface area contributed by atoms with Crippen LogP contribution in [0.25, 0.3) is 0 Å². The third kappa shape index (κ3) is 1.44. The molecule has 4 heteroatoms. The highest BCUT2D eigenvalue weighted by molar-refractivity contribution is 5.87. The number of β-lactam (4-membered cyclic amide) rings is 1. The van der Waals surface area contributed by atoms with Gasteiger partial charge in [-0.1, -0.05) is 6.92 Å². The van der Waals surface area contributed by atoms with Crippen molar-refractivity contribution in [3.8, 4) is 0 Å². The average Bonchev–Trinajstić information content (AvgIpc) is 2.10. The second-order valence-corrected chi connectivity index (χ2v) is 3.50. The molecule has 0 aromatic rings. The van der Waals surface area contributed by atoms with Crippen LogP contribution in [0.4, 0.5) is 0 Å². The maximum atomic E-state index is 11.1. The number of nitrogens with two attached hydrogens (primary N) is 1. The summed E-state index contributed by atoms with van der Waals surface area (Å²) in [6.45, 7) is 4.59. The molecule has 1 heterocycles. The van der Waals surface area contributed by atoms with E-state index in [1.807, 2.05) is 13.8 Å². The quantitative estimate of drug-likeness (QED) is 0.546. The summed E-state index contributed by atoms with van der Waals surface area (Å²) in [6.07, 6.45) is 0. The summed E-state index contributed by atoms with van der Waals surface area (Å²) in [5, 5.41) is 8.86. The van der Waals surface area contributed by atoms with Gasteiger partial charge in [0.2, 0.25) is 5.91 Å². The molecule has 1 fully saturated rings. The van der Waals surface area contributed by atoms with Gasteiger partial charge in [-0.25, -0.2) is 0 Å². The van der Waals surface area contributed by atoms with Crippen LogP contribution >= 0.6 is 0 Å². The van der Waals surface area contributed by atoms with Crippen molar-refractivity contribution in [2.75, 3.05) is 13.2 Å². The van der Waals surface area contributed by atoms with Crippen molar-refractivity contribution in [1.29, 1.82) is 0 Å². The summed E-state index contributed by atoms with van der Waals surface area (Å²) in [6, 6.07) is -0.208. The predicted molar refractivity (Wildman–Crippen MR) is 45.4 cm³/mol. The molecule has 1 rings (SSSR count). The lowest BCUT2D eigenvalue weighted by Gasteiger charge is -2.42. The van der Waals surface area contributed by atoms with Crippen LogP contribution in [0.5, 0.6) is 0 Å². The SMILES string of the molecule is CC(CO)C(C)N1CC(N)C1=O. The number of likely N-dealkylation sites (tertiary alicyclic amines) is 1. The molecule has 0 aromatic carbocycles. The van der Waals surface area contributed by atoms with Crippen LogP contribution in [0.3, 0.4) is 0 Å². The Kier molecular flexibility index (Phi) is 2.69. The molecule has 70 valence electrons. The van der Waals surface area contributed by atoms with Gasteiger partial charge in [-0.3, -0.25) is 4.79 Å². The topological polar surface area (TPSA) is 66.6 Å². The van der Waals surface area contributed by atoms with Crippen LogP contribution in [0, 0.1) is 5.92 Å². The Morgan fingerprint density at radius 3 is 2.67 bits per heavy atom. The van der Waals surface area contributed by atoms with Crippen LogP contribution in [0.1, 0.15) is 13.8 Å². The van der Waals surface area contributed by atoms with Gasteiger partial charge in [0, 0.05) is 19.2 Å². The summed E-state index contributed by atoms with van der Waals surface area (Å²) < 4.78 is 0. The van der Waals surface area contributed by atoms with Crippen molar-refractivity contribution in [2.45, 2.75) is 25.9 Å². The van der Waals surface area contributed by atoms with Gasteiger partial charge < -0.3 is 15.7 Å². The maximum Gasteiger partial charge on any atom is 0.241 e. The molecule has 3 unspecified atom stereocenters. The molecule has 12 heavy (non-hydrogen) atoms. The van der Waals surface area contributed by atoms with Crippen LogP contribution in [-0.2, 0) is 4.79 Å². The normalized spacial score (nSPS) is 28.2. The number of carbonyl (C=O) groups is 1. The Bertz CT molecular complexity index is 184. The van der Waals surface area contributed by atoms with Gasteiger partial charge in [-0.05, 0) is 12.8 Å². The van der Waals surface area contributed by atoms with E-state index in [0.29, 0.717) is 6.54 Å². The van der Waals surface area contributed by atoms with Gasteiger partial charge >= 0.3 is 0 Å². The lowest BCUT2D eigenvalue weighted by molar-refractivity contribution is -0.146. The van der Waals surface area contributed by atoms with Crippen LogP contribution in [0.2, 0.25) is 0 Å². The number of hydrogen-bond donors (Lipinski definition) is 2. The van der Waals surface area contributed by atoms with Crippen molar-refractivity contribution in [1.82, 2.24) is 4.90 Å². The van der Waals surface area contributed by atoms with Crippen LogP contribution < -0.4 is 5.73 Å². The fourth-order valence-electron chi connectivity index (χ4n) is 1.31. The first kappa shape index (κ1) is 9.48. The number of nitrogens with zero attached hydrogens (tertiary/aromatic N) is 1. The first-order valence-corrected chi connectivity index (χ1v) is 4.24. The molecule has 0 aliphatic carbocycles. The predicted octanol–water partition coefficient (Wildman–Crippen LogP) is -0.827. The van der Waals surface area contributed by atoms with Gasteiger partial charge in [-0.2, -0.15) is 0 Å². The molecule has 0 saturated carbocycles. The van der Waals surface area contributed by atoms with Crippen molar-refractivity contribution < 1.29 is 9.90 Å². The summed E-state index contributed by atoms with van der Waals surface area (Å²) in [5.41, 5.74) is 5.44. The Morgan fingerprint density at radius 1 is 1.75 bits per heavy atom. The Labute approximate surface area is 72.3 Å². The fraction of sp³-hybridized carbons (Fsp3) is 0.875. The Balaban J connectivity index is 2.44. The number of amides is 1. The molecule has 4 nitrogen and oxygen atoms in total. The van der Waals surface area contributed by atoms with Crippen molar-refractivity contribution in [3.63, 3.8) is 0 Å². The van der Waals surface area contributed by atoms with Crippen LogP contribution in [-0.4, -0.2) is 41.1 Å². The lowest BCUT2D eigenvalue weighted by atomic mass is 9.97. The monoisotopic (exact) mass is 172 g/mol. The third-order valence-electron chi connectivity index (χ3n) is 2.60. The molecular weight excluding hydrogens is 156 g/mol. The van der Waals surface area contributed by atoms with Crippen LogP contribution in [0.15, 0.2) is 0 Å². The molecule has 0 aromatic heterocycles. The van der Waals surface area contributed by atoms with Gasteiger partial charge in [-0.15, -0.1) is 0 Å². The Hall–Kier alpha value is -0.610. The number of aliphatic hydroxyl groups is 1. The zero-order chi connectivity index (χ0) is 9.30. The molecule has 1 saturated heterocycles. The zero-order valence-corrected chi connectivity index (χ0v) is 7.53. The van der Waals surface area contributed by atoms with E-state index in [-0.39, 0.29) is 30.5 Å². The minimum Gasteiger partial charge on any atom is -0.396 e. The van der Waals surface area contributed by atoms with Crippen molar-refractivity contribution >= 4 is 5.91 Å². The van der Waals surface area contributed by atoms with E-state index in [0.717, 1.165) is 0 Å². The second-order valence-electron chi connectivity index (χ2n) is 3.50. The van der Waals surface area contributed by atoms with Gasteiger partial charge in [0.15, 0.2) is 0 Å². The second kappa shape index (κ2) is 3.41. The van der Waals surface area contributed by atoms with E-state index in [9.17, 15) is 4.79 Å². The highest BCUT2D eigenvalue weighted by Crippen LogP contribution is 2.17. The fourth-order valence-corrected chi connectivity index (χ4v) is 1.31. The first-order chi connectivity index (χ1) is 5.57. The van der Waals surface area contributed by atoms with E-state index in [1.165, 1.54) is 0 Å². The summed E-state index contributed by atoms with van der Waals surface area (Å²) in [4.78, 5) is 12.9. The molecular formula is C8H16N2O2. The number of hydrogen-bond acceptors (Lipinski definition) is 3. The average molecular weight is 172 g/mol. The maximum absolute atomic E-state index is 11.1. The minimum absolute atomic E-state index is 0.00259. The zero-order valence-electron chi connectivity index (χ0n) is 7.53. The largest absolute Gasteiger partial charge is 0.396 e. The lowest BCUT2D eigenvalue weighted by Crippen LogP contribution is -2.64. The van der Waals surface area contributed by atoms with Crippen molar-refractivity contribution in [3.05, 3.63) is 0 Å². The number of aliphatic hydroxyl groups excluding tert-OH is 1. The molecule has 1 amide bonds. The van der Waals surface area contributed by atoms with Crippen molar-refractivity contribution in [2.24, 2.45) is 11.7 Å². The third-order valence-corrected chi connectivity index (χ3v) is 2.60. The molecule has 0 radical (unpaired) electrons. The summed E-state index contributed by atoms with van der Waals surface area (Å²) in [7, 11) is 0. The van der Waals surface area contributed by atoms with E-state index in [2.05, 4.69) is 0 Å². The molecule has 1 aliphatic rings. The van der Waals surface area contributed by atoms with Gasteiger partial charge in [0.25, 0.3) is 0 Å². The minimum atomic E-state index is -0.307. The van der Waals surface area contributed by atoms with E-state index >= 15 is 0 Å². The van der Waals surface area contributed by atoms with Gasteiger partial charge in [0.05, 0.1) is 0 Å². The standard InChI is InChI=1S/C8H16N2O2/c1-5(4-11)6(2)10-3-7(9)8(10)12/h5-7,11H,3-4,9H2,1-2H3. The molecule has 0 spiro atoms. The molecule has 3 N–H and O–H groups in total. The summed E-state index contributed by atoms with van der Waals surface area (Å²) in [5.74, 6) is 0.129. The Morgan fingerprint density at radius 2 is 2.33 bits per heavy atom.